The zero-order valence-corrected chi connectivity index (χ0v) is 8.53. The molecule has 0 heterocycles. The molecule has 0 aromatic heterocycles. The normalized spacial score (nSPS) is 16.5. The predicted molar refractivity (Wildman–Crippen MR) is 55.5 cm³/mol. The van der Waals surface area contributed by atoms with Gasteiger partial charge in [-0.15, -0.1) is 6.58 Å². The van der Waals surface area contributed by atoms with Crippen molar-refractivity contribution in [1.29, 1.82) is 0 Å². The van der Waals surface area contributed by atoms with Gasteiger partial charge in [0.25, 0.3) is 0 Å². The van der Waals surface area contributed by atoms with Gasteiger partial charge in [0.05, 0.1) is 0 Å². The molecule has 0 bridgehead atoms. The number of hydrogen-bond acceptors (Lipinski definition) is 2. The zero-order valence-electron chi connectivity index (χ0n) is 8.53. The molecule has 1 rings (SSSR count). The molecule has 0 aliphatic heterocycles. The van der Waals surface area contributed by atoms with Crippen molar-refractivity contribution in [2.45, 2.75) is 25.3 Å². The molecule has 5 nitrogen and oxygen atoms in total. The fraction of sp³-hybridized carbons (Fsp3) is 0.600. The van der Waals surface area contributed by atoms with Crippen LogP contribution >= 0.6 is 0 Å². The predicted octanol–water partition coefficient (Wildman–Crippen LogP) is 0.725. The number of hydrogen-bond donors (Lipinski definition) is 3. The fourth-order valence-electron chi connectivity index (χ4n) is 1.16. The van der Waals surface area contributed by atoms with E-state index in [-0.39, 0.29) is 6.42 Å². The number of carbonyl (C=O) groups is 2. The Morgan fingerprint density at radius 3 is 2.67 bits per heavy atom. The zero-order chi connectivity index (χ0) is 11.3. The number of urea groups is 1. The van der Waals surface area contributed by atoms with E-state index in [1.807, 2.05) is 0 Å². The van der Waals surface area contributed by atoms with Crippen LogP contribution in [0.2, 0.25) is 0 Å². The van der Waals surface area contributed by atoms with Crippen molar-refractivity contribution in [1.82, 2.24) is 10.6 Å². The van der Waals surface area contributed by atoms with Gasteiger partial charge in [0, 0.05) is 6.54 Å². The molecule has 15 heavy (non-hydrogen) atoms. The first-order valence-corrected chi connectivity index (χ1v) is 5.01. The van der Waals surface area contributed by atoms with Gasteiger partial charge in [0.1, 0.15) is 6.04 Å². The minimum Gasteiger partial charge on any atom is -0.480 e. The summed E-state index contributed by atoms with van der Waals surface area (Å²) in [6, 6.07) is -1.31. The van der Waals surface area contributed by atoms with Crippen molar-refractivity contribution in [2.24, 2.45) is 5.92 Å². The number of amides is 2. The number of aliphatic carboxylic acids is 1. The van der Waals surface area contributed by atoms with Crippen LogP contribution in [0.1, 0.15) is 19.3 Å². The Kier molecular flexibility index (Phi) is 4.15. The van der Waals surface area contributed by atoms with Gasteiger partial charge < -0.3 is 15.7 Å². The third-order valence-corrected chi connectivity index (χ3v) is 2.25. The lowest BCUT2D eigenvalue weighted by Gasteiger charge is -2.13. The molecule has 5 heteroatoms. The molecular weight excluding hydrogens is 196 g/mol. The summed E-state index contributed by atoms with van der Waals surface area (Å²) in [6.07, 6.45) is 4.00. The summed E-state index contributed by atoms with van der Waals surface area (Å²) >= 11 is 0. The molecule has 1 aliphatic rings. The molecule has 1 aliphatic carbocycles. The average molecular weight is 212 g/mol. The standard InChI is InChI=1S/C10H16N2O3/c1-2-3-8(9(13)14)12-10(15)11-6-7-4-5-7/h2,7-8H,1,3-6H2,(H,13,14)(H2,11,12,15). The SMILES string of the molecule is C=CCC(NC(=O)NCC1CC1)C(=O)O. The Morgan fingerprint density at radius 1 is 1.53 bits per heavy atom. The number of rotatable bonds is 6. The molecule has 84 valence electrons. The van der Waals surface area contributed by atoms with E-state index >= 15 is 0 Å². The second kappa shape index (κ2) is 5.38. The van der Waals surface area contributed by atoms with Crippen molar-refractivity contribution in [2.75, 3.05) is 6.54 Å². The van der Waals surface area contributed by atoms with Crippen LogP contribution in [0, 0.1) is 5.92 Å². The first kappa shape index (κ1) is 11.6. The Morgan fingerprint density at radius 2 is 2.20 bits per heavy atom. The average Bonchev–Trinajstić information content (AvgIpc) is 2.97. The summed E-state index contributed by atoms with van der Waals surface area (Å²) in [5, 5.41) is 13.8. The molecule has 0 aromatic carbocycles. The van der Waals surface area contributed by atoms with Gasteiger partial charge in [-0.25, -0.2) is 9.59 Å². The van der Waals surface area contributed by atoms with Gasteiger partial charge in [-0.2, -0.15) is 0 Å². The van der Waals surface area contributed by atoms with Crippen molar-refractivity contribution >= 4 is 12.0 Å². The van der Waals surface area contributed by atoms with Gasteiger partial charge >= 0.3 is 12.0 Å². The Bertz CT molecular complexity index is 261. The van der Waals surface area contributed by atoms with Gasteiger partial charge in [-0.05, 0) is 25.2 Å². The van der Waals surface area contributed by atoms with E-state index in [1.165, 1.54) is 6.08 Å². The summed E-state index contributed by atoms with van der Waals surface area (Å²) in [5.74, 6) is -0.463. The minimum atomic E-state index is -1.04. The largest absolute Gasteiger partial charge is 0.480 e. The first-order valence-electron chi connectivity index (χ1n) is 5.01. The second-order valence-corrected chi connectivity index (χ2v) is 3.71. The smallest absolute Gasteiger partial charge is 0.326 e. The third-order valence-electron chi connectivity index (χ3n) is 2.25. The van der Waals surface area contributed by atoms with Crippen LogP contribution in [-0.2, 0) is 4.79 Å². The van der Waals surface area contributed by atoms with Gasteiger partial charge in [0.2, 0.25) is 0 Å². The highest BCUT2D eigenvalue weighted by Crippen LogP contribution is 2.27. The maximum absolute atomic E-state index is 11.2. The Hall–Kier alpha value is -1.52. The lowest BCUT2D eigenvalue weighted by atomic mass is 10.2. The molecular formula is C10H16N2O3. The molecule has 0 spiro atoms. The third kappa shape index (κ3) is 4.49. The van der Waals surface area contributed by atoms with E-state index in [9.17, 15) is 9.59 Å². The number of carboxylic acid groups (broad SMARTS) is 1. The molecule has 1 saturated carbocycles. The van der Waals surface area contributed by atoms with Crippen LogP contribution in [0.4, 0.5) is 4.79 Å². The minimum absolute atomic E-state index is 0.228. The quantitative estimate of drug-likeness (QED) is 0.568. The van der Waals surface area contributed by atoms with Gasteiger partial charge in [0.15, 0.2) is 0 Å². The van der Waals surface area contributed by atoms with Crippen molar-refractivity contribution in [3.05, 3.63) is 12.7 Å². The molecule has 0 radical (unpaired) electrons. The van der Waals surface area contributed by atoms with Crippen molar-refractivity contribution < 1.29 is 14.7 Å². The lowest BCUT2D eigenvalue weighted by molar-refractivity contribution is -0.139. The molecule has 3 N–H and O–H groups in total. The number of nitrogens with one attached hydrogen (secondary N) is 2. The maximum atomic E-state index is 11.2. The van der Waals surface area contributed by atoms with Crippen molar-refractivity contribution in [3.8, 4) is 0 Å². The molecule has 1 fully saturated rings. The van der Waals surface area contributed by atoms with Crippen LogP contribution in [0.25, 0.3) is 0 Å². The second-order valence-electron chi connectivity index (χ2n) is 3.71. The van der Waals surface area contributed by atoms with Crippen LogP contribution in [-0.4, -0.2) is 29.7 Å². The van der Waals surface area contributed by atoms with Crippen LogP contribution in [0.3, 0.4) is 0 Å². The Labute approximate surface area is 88.5 Å². The van der Waals surface area contributed by atoms with Crippen LogP contribution in [0.5, 0.6) is 0 Å². The molecule has 1 atom stereocenters. The monoisotopic (exact) mass is 212 g/mol. The number of carboxylic acids is 1. The van der Waals surface area contributed by atoms with E-state index in [1.54, 1.807) is 0 Å². The lowest BCUT2D eigenvalue weighted by Crippen LogP contribution is -2.46. The summed E-state index contributed by atoms with van der Waals surface area (Å²) < 4.78 is 0. The molecule has 1 unspecified atom stereocenters. The summed E-state index contributed by atoms with van der Waals surface area (Å²) in [5.41, 5.74) is 0. The highest BCUT2D eigenvalue weighted by atomic mass is 16.4. The summed E-state index contributed by atoms with van der Waals surface area (Å²) in [7, 11) is 0. The van der Waals surface area contributed by atoms with Crippen LogP contribution < -0.4 is 10.6 Å². The summed E-state index contributed by atoms with van der Waals surface area (Å²) in [6.45, 7) is 4.07. The van der Waals surface area contributed by atoms with Gasteiger partial charge in [-0.3, -0.25) is 0 Å². The topological polar surface area (TPSA) is 78.4 Å². The van der Waals surface area contributed by atoms with E-state index in [4.69, 9.17) is 5.11 Å². The van der Waals surface area contributed by atoms with E-state index < -0.39 is 18.0 Å². The molecule has 0 saturated heterocycles. The Balaban J connectivity index is 2.24. The van der Waals surface area contributed by atoms with E-state index in [2.05, 4.69) is 17.2 Å². The van der Waals surface area contributed by atoms with E-state index in [0.29, 0.717) is 12.5 Å². The van der Waals surface area contributed by atoms with E-state index in [0.717, 1.165) is 12.8 Å². The summed E-state index contributed by atoms with van der Waals surface area (Å²) in [4.78, 5) is 21.9. The molecule has 0 aromatic rings. The maximum Gasteiger partial charge on any atom is 0.326 e. The highest BCUT2D eigenvalue weighted by molar-refractivity contribution is 5.82. The fourth-order valence-corrected chi connectivity index (χ4v) is 1.16. The van der Waals surface area contributed by atoms with Gasteiger partial charge in [-0.1, -0.05) is 6.08 Å². The highest BCUT2D eigenvalue weighted by Gasteiger charge is 2.23. The van der Waals surface area contributed by atoms with Crippen molar-refractivity contribution in [3.63, 3.8) is 0 Å². The number of carbonyl (C=O) groups excluding carboxylic acids is 1. The molecule has 2 amide bonds. The van der Waals surface area contributed by atoms with Crippen LogP contribution in [0.15, 0.2) is 12.7 Å². The first-order chi connectivity index (χ1) is 7.13.